The van der Waals surface area contributed by atoms with E-state index in [9.17, 15) is 5.11 Å². The predicted molar refractivity (Wildman–Crippen MR) is 86.8 cm³/mol. The Labute approximate surface area is 128 Å². The maximum absolute atomic E-state index is 9.29. The third-order valence-corrected chi connectivity index (χ3v) is 5.22. The number of rotatable bonds is 5. The van der Waals surface area contributed by atoms with Gasteiger partial charge in [0, 0.05) is 12.5 Å². The minimum absolute atomic E-state index is 0.326. The number of methoxy groups -OCH3 is 1. The maximum atomic E-state index is 9.29. The van der Waals surface area contributed by atoms with Crippen LogP contribution in [0.15, 0.2) is 12.1 Å². The number of aliphatic hydroxyl groups excluding tert-OH is 1. The highest BCUT2D eigenvalue weighted by Gasteiger charge is 2.29. The Kier molecular flexibility index (Phi) is 5.65. The van der Waals surface area contributed by atoms with Crippen LogP contribution < -0.4 is 10.5 Å². The molecule has 1 fully saturated rings. The molecular formula is C18H29NO2. The van der Waals surface area contributed by atoms with Gasteiger partial charge in [0.25, 0.3) is 0 Å². The number of hydrogen-bond donors (Lipinski definition) is 2. The molecule has 1 aliphatic carbocycles. The van der Waals surface area contributed by atoms with E-state index in [0.717, 1.165) is 31.4 Å². The van der Waals surface area contributed by atoms with Gasteiger partial charge < -0.3 is 15.6 Å². The summed E-state index contributed by atoms with van der Waals surface area (Å²) < 4.78 is 5.60. The van der Waals surface area contributed by atoms with Crippen molar-refractivity contribution in [3.05, 3.63) is 28.8 Å². The molecule has 0 aromatic heterocycles. The molecule has 21 heavy (non-hydrogen) atoms. The van der Waals surface area contributed by atoms with E-state index >= 15 is 0 Å². The molecular weight excluding hydrogens is 262 g/mol. The molecule has 1 aromatic rings. The van der Waals surface area contributed by atoms with Gasteiger partial charge in [-0.25, -0.2) is 0 Å². The summed E-state index contributed by atoms with van der Waals surface area (Å²) in [5.74, 6) is 2.42. The minimum atomic E-state index is 0.326. The molecule has 3 nitrogen and oxygen atoms in total. The van der Waals surface area contributed by atoms with Gasteiger partial charge in [0.15, 0.2) is 0 Å². The van der Waals surface area contributed by atoms with E-state index in [4.69, 9.17) is 10.5 Å². The van der Waals surface area contributed by atoms with Crippen LogP contribution in [-0.2, 0) is 0 Å². The molecule has 1 saturated carbocycles. The molecule has 118 valence electrons. The number of benzene rings is 1. The van der Waals surface area contributed by atoms with Crippen LogP contribution in [0.1, 0.15) is 48.3 Å². The van der Waals surface area contributed by atoms with E-state index in [1.807, 2.05) is 0 Å². The molecule has 3 N–H and O–H groups in total. The zero-order chi connectivity index (χ0) is 15.4. The van der Waals surface area contributed by atoms with Crippen molar-refractivity contribution in [1.29, 1.82) is 0 Å². The van der Waals surface area contributed by atoms with Crippen LogP contribution in [0.5, 0.6) is 5.75 Å². The number of nitrogens with two attached hydrogens (primary N) is 1. The van der Waals surface area contributed by atoms with Gasteiger partial charge in [-0.15, -0.1) is 0 Å². The topological polar surface area (TPSA) is 55.5 Å². The van der Waals surface area contributed by atoms with E-state index < -0.39 is 0 Å². The highest BCUT2D eigenvalue weighted by atomic mass is 16.5. The fourth-order valence-electron chi connectivity index (χ4n) is 3.63. The van der Waals surface area contributed by atoms with Crippen molar-refractivity contribution in [2.24, 2.45) is 17.6 Å². The van der Waals surface area contributed by atoms with Crippen LogP contribution in [0.4, 0.5) is 0 Å². The first kappa shape index (κ1) is 16.3. The van der Waals surface area contributed by atoms with Gasteiger partial charge in [-0.3, -0.25) is 0 Å². The van der Waals surface area contributed by atoms with E-state index in [0.29, 0.717) is 30.9 Å². The standard InChI is InChI=1S/C18H29NO2/c1-12-8-16(18(21-3)9-13(12)2)17(10-19)15-6-4-14(11-20)5-7-15/h8-9,14-15,17,20H,4-7,10-11,19H2,1-3H3. The molecule has 1 unspecified atom stereocenters. The predicted octanol–water partition coefficient (Wildman–Crippen LogP) is 3.15. The summed E-state index contributed by atoms with van der Waals surface area (Å²) in [6.07, 6.45) is 4.54. The molecule has 0 bridgehead atoms. The first-order chi connectivity index (χ1) is 10.1. The van der Waals surface area contributed by atoms with Crippen LogP contribution in [-0.4, -0.2) is 25.4 Å². The van der Waals surface area contributed by atoms with Crippen molar-refractivity contribution < 1.29 is 9.84 Å². The largest absolute Gasteiger partial charge is 0.496 e. The Morgan fingerprint density at radius 3 is 2.33 bits per heavy atom. The summed E-state index contributed by atoms with van der Waals surface area (Å²) in [5, 5.41) is 9.29. The first-order valence-electron chi connectivity index (χ1n) is 8.06. The van der Waals surface area contributed by atoms with Crippen molar-refractivity contribution in [3.8, 4) is 5.75 Å². The lowest BCUT2D eigenvalue weighted by Crippen LogP contribution is -2.27. The molecule has 2 rings (SSSR count). The van der Waals surface area contributed by atoms with Crippen molar-refractivity contribution in [3.63, 3.8) is 0 Å². The molecule has 1 aliphatic rings. The van der Waals surface area contributed by atoms with Gasteiger partial charge in [0.2, 0.25) is 0 Å². The van der Waals surface area contributed by atoms with Gasteiger partial charge in [0.05, 0.1) is 7.11 Å². The van der Waals surface area contributed by atoms with Crippen molar-refractivity contribution >= 4 is 0 Å². The average Bonchev–Trinajstić information content (AvgIpc) is 2.51. The van der Waals surface area contributed by atoms with Crippen LogP contribution in [0, 0.1) is 25.7 Å². The van der Waals surface area contributed by atoms with Crippen LogP contribution in [0.3, 0.4) is 0 Å². The summed E-state index contributed by atoms with van der Waals surface area (Å²) in [6.45, 7) is 5.25. The smallest absolute Gasteiger partial charge is 0.122 e. The highest BCUT2D eigenvalue weighted by molar-refractivity contribution is 5.44. The third kappa shape index (κ3) is 3.58. The number of hydrogen-bond acceptors (Lipinski definition) is 3. The lowest BCUT2D eigenvalue weighted by Gasteiger charge is -2.34. The van der Waals surface area contributed by atoms with Crippen molar-refractivity contribution in [1.82, 2.24) is 0 Å². The van der Waals surface area contributed by atoms with Gasteiger partial charge in [0.1, 0.15) is 5.75 Å². The third-order valence-electron chi connectivity index (χ3n) is 5.22. The monoisotopic (exact) mass is 291 g/mol. The highest BCUT2D eigenvalue weighted by Crippen LogP contribution is 2.41. The average molecular weight is 291 g/mol. The lowest BCUT2D eigenvalue weighted by atomic mass is 9.73. The normalized spacial score (nSPS) is 23.9. The van der Waals surface area contributed by atoms with E-state index in [2.05, 4.69) is 26.0 Å². The summed E-state index contributed by atoms with van der Waals surface area (Å²) >= 11 is 0. The van der Waals surface area contributed by atoms with Gasteiger partial charge >= 0.3 is 0 Å². The van der Waals surface area contributed by atoms with E-state index in [-0.39, 0.29) is 0 Å². The number of aryl methyl sites for hydroxylation is 2. The Morgan fingerprint density at radius 1 is 1.19 bits per heavy atom. The van der Waals surface area contributed by atoms with Crippen LogP contribution >= 0.6 is 0 Å². The molecule has 0 aliphatic heterocycles. The Bertz CT molecular complexity index is 465. The summed E-state index contributed by atoms with van der Waals surface area (Å²) in [5.41, 5.74) is 9.93. The van der Waals surface area contributed by atoms with Crippen LogP contribution in [0.25, 0.3) is 0 Å². The number of ether oxygens (including phenoxy) is 1. The SMILES string of the molecule is COc1cc(C)c(C)cc1C(CN)C1CCC(CO)CC1. The molecule has 3 heteroatoms. The van der Waals surface area contributed by atoms with Gasteiger partial charge in [-0.2, -0.15) is 0 Å². The molecule has 0 heterocycles. The van der Waals surface area contributed by atoms with Gasteiger partial charge in [-0.1, -0.05) is 6.07 Å². The quantitative estimate of drug-likeness (QED) is 0.876. The van der Waals surface area contributed by atoms with Gasteiger partial charge in [-0.05, 0) is 80.7 Å². The zero-order valence-corrected chi connectivity index (χ0v) is 13.6. The molecule has 0 spiro atoms. The first-order valence-corrected chi connectivity index (χ1v) is 8.06. The second-order valence-corrected chi connectivity index (χ2v) is 6.48. The number of aliphatic hydroxyl groups is 1. The van der Waals surface area contributed by atoms with E-state index in [1.54, 1.807) is 7.11 Å². The van der Waals surface area contributed by atoms with Crippen molar-refractivity contribution in [2.75, 3.05) is 20.3 Å². The Morgan fingerprint density at radius 2 is 1.81 bits per heavy atom. The molecule has 1 atom stereocenters. The zero-order valence-electron chi connectivity index (χ0n) is 13.6. The second kappa shape index (κ2) is 7.28. The summed E-state index contributed by atoms with van der Waals surface area (Å²) in [7, 11) is 1.74. The van der Waals surface area contributed by atoms with Crippen LogP contribution in [0.2, 0.25) is 0 Å². The van der Waals surface area contributed by atoms with E-state index in [1.165, 1.54) is 16.7 Å². The Balaban J connectivity index is 2.23. The molecule has 0 amide bonds. The minimum Gasteiger partial charge on any atom is -0.496 e. The second-order valence-electron chi connectivity index (χ2n) is 6.48. The maximum Gasteiger partial charge on any atom is 0.122 e. The molecule has 0 radical (unpaired) electrons. The fraction of sp³-hybridized carbons (Fsp3) is 0.667. The lowest BCUT2D eigenvalue weighted by molar-refractivity contribution is 0.157. The van der Waals surface area contributed by atoms with Crippen molar-refractivity contribution in [2.45, 2.75) is 45.4 Å². The fourth-order valence-corrected chi connectivity index (χ4v) is 3.63. The Hall–Kier alpha value is -1.06. The summed E-state index contributed by atoms with van der Waals surface area (Å²) in [6, 6.07) is 4.39. The molecule has 0 saturated heterocycles. The molecule has 1 aromatic carbocycles. The summed E-state index contributed by atoms with van der Waals surface area (Å²) in [4.78, 5) is 0.